The molecule has 0 radical (unpaired) electrons. The smallest absolute Gasteiger partial charge is 0.254 e. The van der Waals surface area contributed by atoms with Crippen molar-refractivity contribution in [2.24, 2.45) is 17.0 Å². The molecule has 0 unspecified atom stereocenters. The topological polar surface area (TPSA) is 92.5 Å². The summed E-state index contributed by atoms with van der Waals surface area (Å²) in [5.74, 6) is 0.618. The molecule has 0 aromatic heterocycles. The quantitative estimate of drug-likeness (QED) is 0.825. The summed E-state index contributed by atoms with van der Waals surface area (Å²) in [4.78, 5) is 15.4. The Balaban J connectivity index is 1.77. The molecule has 2 aromatic rings. The average Bonchev–Trinajstić information content (AvgIpc) is 3.22. The zero-order chi connectivity index (χ0) is 20.1. The van der Waals surface area contributed by atoms with Crippen LogP contribution in [0.25, 0.3) is 0 Å². The van der Waals surface area contributed by atoms with Crippen LogP contribution in [0.4, 0.5) is 0 Å². The first-order valence-electron chi connectivity index (χ1n) is 9.48. The number of carbonyl (C=O) groups is 1. The Morgan fingerprint density at radius 3 is 2.57 bits per heavy atom. The zero-order valence-corrected chi connectivity index (χ0v) is 16.9. The monoisotopic (exact) mass is 399 g/mol. The second-order valence-corrected chi connectivity index (χ2v) is 9.42. The van der Waals surface area contributed by atoms with Gasteiger partial charge in [-0.3, -0.25) is 4.79 Å². The van der Waals surface area contributed by atoms with Crippen LogP contribution in [0.3, 0.4) is 0 Å². The Morgan fingerprint density at radius 1 is 1.11 bits per heavy atom. The fourth-order valence-electron chi connectivity index (χ4n) is 4.61. The SMILES string of the molecule is Cc1ccc(S(N)(=O)=O)cc1C(=O)N1C[C@@H]2CNC[C@@H]2[C@@H]1c1ccccc1C. The summed E-state index contributed by atoms with van der Waals surface area (Å²) in [6.07, 6.45) is 0. The lowest BCUT2D eigenvalue weighted by atomic mass is 9.87. The van der Waals surface area contributed by atoms with Crippen molar-refractivity contribution in [3.63, 3.8) is 0 Å². The molecule has 0 bridgehead atoms. The van der Waals surface area contributed by atoms with Crippen LogP contribution < -0.4 is 10.5 Å². The van der Waals surface area contributed by atoms with Gasteiger partial charge in [-0.1, -0.05) is 30.3 Å². The summed E-state index contributed by atoms with van der Waals surface area (Å²) in [6, 6.07) is 12.7. The van der Waals surface area contributed by atoms with Crippen LogP contribution in [0.5, 0.6) is 0 Å². The number of amides is 1. The largest absolute Gasteiger partial charge is 0.331 e. The molecule has 3 atom stereocenters. The molecule has 2 aliphatic heterocycles. The molecule has 2 aliphatic rings. The van der Waals surface area contributed by atoms with Crippen molar-refractivity contribution in [3.05, 3.63) is 64.7 Å². The van der Waals surface area contributed by atoms with Crippen LogP contribution in [-0.4, -0.2) is 38.9 Å². The van der Waals surface area contributed by atoms with Gasteiger partial charge in [0.15, 0.2) is 0 Å². The fourth-order valence-corrected chi connectivity index (χ4v) is 5.15. The molecule has 2 heterocycles. The van der Waals surface area contributed by atoms with E-state index in [2.05, 4.69) is 24.4 Å². The number of hydrogen-bond donors (Lipinski definition) is 2. The van der Waals surface area contributed by atoms with Gasteiger partial charge in [0.05, 0.1) is 10.9 Å². The molecule has 28 heavy (non-hydrogen) atoms. The third-order valence-corrected chi connectivity index (χ3v) is 7.01. The summed E-state index contributed by atoms with van der Waals surface area (Å²) in [5.41, 5.74) is 3.47. The van der Waals surface area contributed by atoms with Gasteiger partial charge in [0, 0.05) is 31.1 Å². The lowest BCUT2D eigenvalue weighted by molar-refractivity contribution is 0.0712. The van der Waals surface area contributed by atoms with Crippen molar-refractivity contribution in [3.8, 4) is 0 Å². The van der Waals surface area contributed by atoms with Gasteiger partial charge in [0.2, 0.25) is 10.0 Å². The molecule has 4 rings (SSSR count). The second-order valence-electron chi connectivity index (χ2n) is 7.86. The van der Waals surface area contributed by atoms with Crippen molar-refractivity contribution >= 4 is 15.9 Å². The van der Waals surface area contributed by atoms with Crippen molar-refractivity contribution in [2.45, 2.75) is 24.8 Å². The summed E-state index contributed by atoms with van der Waals surface area (Å²) in [5, 5.41) is 8.73. The number of likely N-dealkylation sites (tertiary alicyclic amines) is 1. The van der Waals surface area contributed by atoms with E-state index in [1.54, 1.807) is 6.07 Å². The van der Waals surface area contributed by atoms with Gasteiger partial charge in [-0.25, -0.2) is 13.6 Å². The highest BCUT2D eigenvalue weighted by molar-refractivity contribution is 7.89. The minimum atomic E-state index is -3.87. The van der Waals surface area contributed by atoms with Crippen LogP contribution in [0, 0.1) is 25.7 Å². The highest BCUT2D eigenvalue weighted by Gasteiger charge is 2.47. The Kier molecular flexibility index (Phi) is 4.77. The molecule has 148 valence electrons. The molecule has 1 amide bonds. The second kappa shape index (κ2) is 6.99. The number of primary sulfonamides is 1. The Hall–Kier alpha value is -2.22. The summed E-state index contributed by atoms with van der Waals surface area (Å²) >= 11 is 0. The minimum Gasteiger partial charge on any atom is -0.331 e. The van der Waals surface area contributed by atoms with E-state index in [0.717, 1.165) is 29.8 Å². The number of benzene rings is 2. The number of carbonyl (C=O) groups excluding carboxylic acids is 1. The number of nitrogens with one attached hydrogen (secondary N) is 1. The highest BCUT2D eigenvalue weighted by Crippen LogP contribution is 2.44. The summed E-state index contributed by atoms with van der Waals surface area (Å²) in [7, 11) is -3.87. The Bertz CT molecular complexity index is 1030. The van der Waals surface area contributed by atoms with Gasteiger partial charge < -0.3 is 10.2 Å². The van der Waals surface area contributed by atoms with Crippen molar-refractivity contribution in [2.75, 3.05) is 19.6 Å². The lowest BCUT2D eigenvalue weighted by Gasteiger charge is -2.30. The highest BCUT2D eigenvalue weighted by atomic mass is 32.2. The summed E-state index contributed by atoms with van der Waals surface area (Å²) < 4.78 is 23.5. The number of nitrogens with zero attached hydrogens (tertiary/aromatic N) is 1. The Morgan fingerprint density at radius 2 is 1.86 bits per heavy atom. The third kappa shape index (κ3) is 3.23. The molecular weight excluding hydrogens is 374 g/mol. The predicted molar refractivity (Wildman–Crippen MR) is 107 cm³/mol. The number of aryl methyl sites for hydroxylation is 2. The van der Waals surface area contributed by atoms with E-state index in [-0.39, 0.29) is 16.8 Å². The van der Waals surface area contributed by atoms with E-state index >= 15 is 0 Å². The van der Waals surface area contributed by atoms with Crippen LogP contribution in [0.2, 0.25) is 0 Å². The number of rotatable bonds is 3. The molecule has 6 nitrogen and oxygen atoms in total. The third-order valence-electron chi connectivity index (χ3n) is 6.10. The fraction of sp³-hybridized carbons (Fsp3) is 0.381. The standard InChI is InChI=1S/C21H25N3O3S/c1-13-5-3-4-6-17(13)20-19-11-23-10-15(19)12-24(20)21(25)18-9-16(28(22,26)27)8-7-14(18)2/h3-9,15,19-20,23H,10-12H2,1-2H3,(H2,22,26,27)/t15-,19-,20-/m0/s1. The maximum atomic E-state index is 13.5. The average molecular weight is 400 g/mol. The molecule has 2 saturated heterocycles. The van der Waals surface area contributed by atoms with Crippen molar-refractivity contribution < 1.29 is 13.2 Å². The van der Waals surface area contributed by atoms with Crippen LogP contribution >= 0.6 is 0 Å². The number of nitrogens with two attached hydrogens (primary N) is 1. The summed E-state index contributed by atoms with van der Waals surface area (Å²) in [6.45, 7) is 6.33. The maximum absolute atomic E-state index is 13.5. The van der Waals surface area contributed by atoms with Crippen molar-refractivity contribution in [1.82, 2.24) is 10.2 Å². The molecule has 0 saturated carbocycles. The van der Waals surface area contributed by atoms with E-state index in [0.29, 0.717) is 23.9 Å². The first kappa shape index (κ1) is 19.1. The molecule has 2 aromatic carbocycles. The normalized spacial score (nSPS) is 24.4. The number of hydrogen-bond acceptors (Lipinski definition) is 4. The van der Waals surface area contributed by atoms with Crippen LogP contribution in [0.15, 0.2) is 47.4 Å². The van der Waals surface area contributed by atoms with Crippen molar-refractivity contribution in [1.29, 1.82) is 0 Å². The molecular formula is C21H25N3O3S. The van der Waals surface area contributed by atoms with E-state index < -0.39 is 10.0 Å². The number of fused-ring (bicyclic) bond motifs is 1. The first-order valence-corrected chi connectivity index (χ1v) is 11.0. The molecule has 7 heteroatoms. The number of sulfonamides is 1. The van der Waals surface area contributed by atoms with Gasteiger partial charge in [0.25, 0.3) is 5.91 Å². The first-order chi connectivity index (χ1) is 13.3. The van der Waals surface area contributed by atoms with E-state index in [9.17, 15) is 13.2 Å². The minimum absolute atomic E-state index is 0.0220. The van der Waals surface area contributed by atoms with Gasteiger partial charge in [-0.05, 0) is 48.6 Å². The van der Waals surface area contributed by atoms with Gasteiger partial charge in [-0.2, -0.15) is 0 Å². The van der Waals surface area contributed by atoms with Gasteiger partial charge in [-0.15, -0.1) is 0 Å². The lowest BCUT2D eigenvalue weighted by Crippen LogP contribution is -2.35. The zero-order valence-electron chi connectivity index (χ0n) is 16.1. The maximum Gasteiger partial charge on any atom is 0.254 e. The predicted octanol–water partition coefficient (Wildman–Crippen LogP) is 1.98. The molecule has 2 fully saturated rings. The van der Waals surface area contributed by atoms with E-state index in [1.165, 1.54) is 12.1 Å². The van der Waals surface area contributed by atoms with Gasteiger partial charge in [0.1, 0.15) is 0 Å². The van der Waals surface area contributed by atoms with Crippen LogP contribution in [0.1, 0.15) is 33.1 Å². The Labute approximate surface area is 165 Å². The molecule has 3 N–H and O–H groups in total. The van der Waals surface area contributed by atoms with E-state index in [4.69, 9.17) is 5.14 Å². The van der Waals surface area contributed by atoms with Gasteiger partial charge >= 0.3 is 0 Å². The molecule has 0 spiro atoms. The van der Waals surface area contributed by atoms with Crippen LogP contribution in [-0.2, 0) is 10.0 Å². The molecule has 0 aliphatic carbocycles. The van der Waals surface area contributed by atoms with E-state index in [1.807, 2.05) is 24.0 Å².